The maximum atomic E-state index is 12.4. The van der Waals surface area contributed by atoms with E-state index in [1.165, 1.54) is 5.56 Å². The fourth-order valence-electron chi connectivity index (χ4n) is 3.74. The van der Waals surface area contributed by atoms with Crippen molar-refractivity contribution in [3.8, 4) is 0 Å². The van der Waals surface area contributed by atoms with E-state index in [0.717, 1.165) is 24.3 Å². The molecule has 1 amide bonds. The van der Waals surface area contributed by atoms with Crippen molar-refractivity contribution in [2.24, 2.45) is 0 Å². The molecular formula is C22H30ClN3O2S. The summed E-state index contributed by atoms with van der Waals surface area (Å²) >= 11 is 7.87. The van der Waals surface area contributed by atoms with Gasteiger partial charge in [-0.15, -0.1) is 0 Å². The zero-order valence-electron chi connectivity index (χ0n) is 18.0. The van der Waals surface area contributed by atoms with E-state index >= 15 is 0 Å². The Labute approximate surface area is 182 Å². The lowest BCUT2D eigenvalue weighted by Crippen LogP contribution is -2.37. The third kappa shape index (κ3) is 5.04. The lowest BCUT2D eigenvalue weighted by Gasteiger charge is -2.33. The normalized spacial score (nSPS) is 16.4. The van der Waals surface area contributed by atoms with Gasteiger partial charge in [0.15, 0.2) is 0 Å². The van der Waals surface area contributed by atoms with Crippen molar-refractivity contribution >= 4 is 34.7 Å². The molecule has 3 heterocycles. The fourth-order valence-corrected chi connectivity index (χ4v) is 4.59. The zero-order valence-corrected chi connectivity index (χ0v) is 19.6. The van der Waals surface area contributed by atoms with Crippen LogP contribution in [0.15, 0.2) is 29.0 Å². The number of amides is 1. The van der Waals surface area contributed by atoms with Gasteiger partial charge in [0.05, 0.1) is 17.4 Å². The minimum Gasteiger partial charge on any atom is -0.444 e. The Bertz CT molecular complexity index is 861. The summed E-state index contributed by atoms with van der Waals surface area (Å²) < 4.78 is 5.50. The smallest absolute Gasteiger partial charge is 0.410 e. The SMILES string of the molecule is CN(CCC(c1ccsc1)N1CC(C)(C)c2nc(Cl)ccc21)C(=O)OC(C)(C)C. The Kier molecular flexibility index (Phi) is 6.16. The van der Waals surface area contributed by atoms with Gasteiger partial charge in [0.1, 0.15) is 10.8 Å². The molecule has 0 N–H and O–H groups in total. The van der Waals surface area contributed by atoms with E-state index in [-0.39, 0.29) is 17.6 Å². The van der Waals surface area contributed by atoms with Gasteiger partial charge in [0.25, 0.3) is 0 Å². The summed E-state index contributed by atoms with van der Waals surface area (Å²) in [5.41, 5.74) is 2.82. The summed E-state index contributed by atoms with van der Waals surface area (Å²) in [6.45, 7) is 11.5. The average Bonchev–Trinajstić information content (AvgIpc) is 3.21. The van der Waals surface area contributed by atoms with Gasteiger partial charge in [0, 0.05) is 25.6 Å². The molecule has 0 spiro atoms. The molecule has 0 aliphatic carbocycles. The van der Waals surface area contributed by atoms with Crippen LogP contribution in [0.1, 0.15) is 58.3 Å². The number of hydrogen-bond donors (Lipinski definition) is 0. The molecule has 0 fully saturated rings. The summed E-state index contributed by atoms with van der Waals surface area (Å²) in [5, 5.41) is 4.81. The highest BCUT2D eigenvalue weighted by atomic mass is 35.5. The fraction of sp³-hybridized carbons (Fsp3) is 0.545. The van der Waals surface area contributed by atoms with Crippen LogP contribution in [0.3, 0.4) is 0 Å². The first-order valence-corrected chi connectivity index (χ1v) is 11.2. The lowest BCUT2D eigenvalue weighted by atomic mass is 9.91. The maximum absolute atomic E-state index is 12.4. The van der Waals surface area contributed by atoms with Crippen LogP contribution < -0.4 is 4.90 Å². The molecule has 0 radical (unpaired) electrons. The number of carbonyl (C=O) groups excluding carboxylic acids is 1. The molecule has 1 aliphatic heterocycles. The number of aromatic nitrogens is 1. The molecule has 1 unspecified atom stereocenters. The number of anilines is 1. The van der Waals surface area contributed by atoms with E-state index in [1.54, 1.807) is 23.3 Å². The number of fused-ring (bicyclic) bond motifs is 1. The molecule has 158 valence electrons. The Morgan fingerprint density at radius 1 is 1.38 bits per heavy atom. The van der Waals surface area contributed by atoms with E-state index in [1.807, 2.05) is 26.8 Å². The third-order valence-corrected chi connectivity index (χ3v) is 6.02. The van der Waals surface area contributed by atoms with Crippen LogP contribution in [-0.2, 0) is 10.2 Å². The van der Waals surface area contributed by atoms with Crippen molar-refractivity contribution < 1.29 is 9.53 Å². The van der Waals surface area contributed by atoms with Crippen LogP contribution in [0, 0.1) is 0 Å². The second-order valence-corrected chi connectivity index (χ2v) is 10.4. The number of halogens is 1. The number of ether oxygens (including phenoxy) is 1. The Morgan fingerprint density at radius 3 is 2.72 bits per heavy atom. The van der Waals surface area contributed by atoms with Crippen molar-refractivity contribution in [1.82, 2.24) is 9.88 Å². The molecule has 0 saturated heterocycles. The first-order valence-electron chi connectivity index (χ1n) is 9.88. The molecule has 0 bridgehead atoms. The maximum Gasteiger partial charge on any atom is 0.410 e. The van der Waals surface area contributed by atoms with Crippen molar-refractivity contribution in [2.45, 2.75) is 58.1 Å². The standard InChI is InChI=1S/C22H30ClN3O2S/c1-21(2,3)28-20(27)25(6)11-9-16(15-10-12-29-13-15)26-14-22(4,5)19-17(26)7-8-18(23)24-19/h7-8,10,12-13,16H,9,11,14H2,1-6H3. The molecule has 0 saturated carbocycles. The number of hydrogen-bond acceptors (Lipinski definition) is 5. The highest BCUT2D eigenvalue weighted by Crippen LogP contribution is 2.45. The summed E-state index contributed by atoms with van der Waals surface area (Å²) in [6.07, 6.45) is 0.502. The number of thiophene rings is 1. The predicted molar refractivity (Wildman–Crippen MR) is 120 cm³/mol. The summed E-state index contributed by atoms with van der Waals surface area (Å²) in [7, 11) is 1.79. The van der Waals surface area contributed by atoms with Gasteiger partial charge in [0.2, 0.25) is 0 Å². The minimum atomic E-state index is -0.499. The second kappa shape index (κ2) is 8.15. The van der Waals surface area contributed by atoms with Gasteiger partial charge in [-0.05, 0) is 61.7 Å². The van der Waals surface area contributed by atoms with Gasteiger partial charge in [-0.2, -0.15) is 11.3 Å². The number of carbonyl (C=O) groups is 1. The van der Waals surface area contributed by atoms with Crippen LogP contribution in [0.25, 0.3) is 0 Å². The zero-order chi connectivity index (χ0) is 21.4. The molecule has 0 aromatic carbocycles. The molecule has 29 heavy (non-hydrogen) atoms. The highest BCUT2D eigenvalue weighted by Gasteiger charge is 2.40. The summed E-state index contributed by atoms with van der Waals surface area (Å²) in [5.74, 6) is 0. The molecule has 5 nitrogen and oxygen atoms in total. The van der Waals surface area contributed by atoms with Crippen molar-refractivity contribution in [3.05, 3.63) is 45.4 Å². The summed E-state index contributed by atoms with van der Waals surface area (Å²) in [4.78, 5) is 21.1. The number of nitrogens with zero attached hydrogens (tertiary/aromatic N) is 3. The number of pyridine rings is 1. The third-order valence-electron chi connectivity index (χ3n) is 5.10. The minimum absolute atomic E-state index is 0.0917. The molecule has 1 aliphatic rings. The van der Waals surface area contributed by atoms with Gasteiger partial charge in [-0.25, -0.2) is 9.78 Å². The van der Waals surface area contributed by atoms with Gasteiger partial charge < -0.3 is 14.5 Å². The molecule has 2 aromatic heterocycles. The van der Waals surface area contributed by atoms with Gasteiger partial charge >= 0.3 is 6.09 Å². The van der Waals surface area contributed by atoms with Crippen molar-refractivity contribution in [1.29, 1.82) is 0 Å². The monoisotopic (exact) mass is 435 g/mol. The largest absolute Gasteiger partial charge is 0.444 e. The van der Waals surface area contributed by atoms with Crippen LogP contribution in [0.2, 0.25) is 5.15 Å². The lowest BCUT2D eigenvalue weighted by molar-refractivity contribution is 0.0294. The van der Waals surface area contributed by atoms with E-state index in [4.69, 9.17) is 16.3 Å². The van der Waals surface area contributed by atoms with Crippen LogP contribution in [0.5, 0.6) is 0 Å². The summed E-state index contributed by atoms with van der Waals surface area (Å²) in [6, 6.07) is 6.23. The first-order chi connectivity index (χ1) is 13.5. The molecule has 1 atom stereocenters. The van der Waals surface area contributed by atoms with E-state index in [9.17, 15) is 4.79 Å². The van der Waals surface area contributed by atoms with E-state index < -0.39 is 5.60 Å². The van der Waals surface area contributed by atoms with Crippen LogP contribution in [-0.4, -0.2) is 41.7 Å². The highest BCUT2D eigenvalue weighted by molar-refractivity contribution is 7.08. The van der Waals surface area contributed by atoms with Crippen molar-refractivity contribution in [2.75, 3.05) is 25.0 Å². The van der Waals surface area contributed by atoms with Gasteiger partial charge in [-0.1, -0.05) is 25.4 Å². The predicted octanol–water partition coefficient (Wildman–Crippen LogP) is 5.89. The van der Waals surface area contributed by atoms with Gasteiger partial charge in [-0.3, -0.25) is 0 Å². The Morgan fingerprint density at radius 2 is 2.10 bits per heavy atom. The topological polar surface area (TPSA) is 45.7 Å². The van der Waals surface area contributed by atoms with Crippen LogP contribution >= 0.6 is 22.9 Å². The van der Waals surface area contributed by atoms with Crippen molar-refractivity contribution in [3.63, 3.8) is 0 Å². The number of rotatable bonds is 5. The Balaban J connectivity index is 1.82. The first kappa shape index (κ1) is 21.9. The molecule has 3 rings (SSSR count). The molecular weight excluding hydrogens is 406 g/mol. The average molecular weight is 436 g/mol. The molecule has 7 heteroatoms. The van der Waals surface area contributed by atoms with E-state index in [0.29, 0.717) is 11.7 Å². The molecule has 2 aromatic rings. The van der Waals surface area contributed by atoms with Crippen LogP contribution in [0.4, 0.5) is 10.5 Å². The van der Waals surface area contributed by atoms with E-state index in [2.05, 4.69) is 46.6 Å². The Hall–Kier alpha value is -1.79. The second-order valence-electron chi connectivity index (χ2n) is 9.28. The quantitative estimate of drug-likeness (QED) is 0.549.